The molecule has 3 aromatic heterocycles. The van der Waals surface area contributed by atoms with Crippen molar-refractivity contribution in [2.45, 2.75) is 0 Å². The van der Waals surface area contributed by atoms with Crippen molar-refractivity contribution in [3.63, 3.8) is 0 Å². The smallest absolute Gasteiger partial charge is 0.257 e. The molecule has 0 fully saturated rings. The normalized spacial score (nSPS) is 10.8. The van der Waals surface area contributed by atoms with Crippen LogP contribution in [0.3, 0.4) is 0 Å². The summed E-state index contributed by atoms with van der Waals surface area (Å²) in [6.45, 7) is 0. The third-order valence-corrected chi connectivity index (χ3v) is 3.47. The first-order valence-electron chi connectivity index (χ1n) is 7.03. The van der Waals surface area contributed by atoms with Gasteiger partial charge in [0.1, 0.15) is 5.52 Å². The zero-order valence-corrected chi connectivity index (χ0v) is 12.0. The van der Waals surface area contributed by atoms with Crippen molar-refractivity contribution >= 4 is 33.7 Å². The summed E-state index contributed by atoms with van der Waals surface area (Å²) in [4.78, 5) is 29.2. The van der Waals surface area contributed by atoms with E-state index >= 15 is 0 Å². The monoisotopic (exact) mass is 301 g/mol. The lowest BCUT2D eigenvalue weighted by Crippen LogP contribution is -2.13. The topological polar surface area (TPSA) is 80.7 Å². The number of nitrogens with one attached hydrogen (secondary N) is 1. The van der Waals surface area contributed by atoms with Crippen LogP contribution in [0, 0.1) is 0 Å². The van der Waals surface area contributed by atoms with E-state index in [1.54, 1.807) is 24.7 Å². The highest BCUT2D eigenvalue weighted by Crippen LogP contribution is 2.21. The molecule has 0 saturated heterocycles. The summed E-state index contributed by atoms with van der Waals surface area (Å²) < 4.78 is 0. The van der Waals surface area contributed by atoms with Gasteiger partial charge < -0.3 is 5.32 Å². The molecule has 0 radical (unpaired) electrons. The van der Waals surface area contributed by atoms with Gasteiger partial charge in [-0.25, -0.2) is 9.97 Å². The van der Waals surface area contributed by atoms with Crippen LogP contribution in [0.25, 0.3) is 22.1 Å². The van der Waals surface area contributed by atoms with E-state index in [1.807, 2.05) is 30.3 Å². The van der Waals surface area contributed by atoms with E-state index in [0.717, 1.165) is 10.9 Å². The highest BCUT2D eigenvalue weighted by molar-refractivity contribution is 6.08. The second kappa shape index (κ2) is 5.42. The molecule has 1 amide bonds. The van der Waals surface area contributed by atoms with Crippen molar-refractivity contribution in [3.05, 3.63) is 66.7 Å². The fourth-order valence-electron chi connectivity index (χ4n) is 2.38. The Hall–Kier alpha value is -3.41. The molecule has 3 heterocycles. The number of fused-ring (bicyclic) bond motifs is 2. The second-order valence-corrected chi connectivity index (χ2v) is 4.96. The van der Waals surface area contributed by atoms with Gasteiger partial charge in [0.15, 0.2) is 5.65 Å². The molecule has 0 atom stereocenters. The molecular formula is C17H11N5O. The fourth-order valence-corrected chi connectivity index (χ4v) is 2.38. The minimum atomic E-state index is -0.261. The quantitative estimate of drug-likeness (QED) is 0.615. The molecule has 0 bridgehead atoms. The molecule has 1 N–H and O–H groups in total. The first-order valence-corrected chi connectivity index (χ1v) is 7.03. The van der Waals surface area contributed by atoms with Crippen molar-refractivity contribution < 1.29 is 4.79 Å². The number of amides is 1. The van der Waals surface area contributed by atoms with Gasteiger partial charge in [0.05, 0.1) is 16.8 Å². The Morgan fingerprint density at radius 1 is 0.913 bits per heavy atom. The summed E-state index contributed by atoms with van der Waals surface area (Å²) in [6, 6.07) is 11.1. The Morgan fingerprint density at radius 3 is 2.74 bits per heavy atom. The van der Waals surface area contributed by atoms with Gasteiger partial charge >= 0.3 is 0 Å². The van der Waals surface area contributed by atoms with Crippen LogP contribution in [0.2, 0.25) is 0 Å². The van der Waals surface area contributed by atoms with E-state index in [0.29, 0.717) is 22.4 Å². The van der Waals surface area contributed by atoms with Crippen molar-refractivity contribution in [1.29, 1.82) is 0 Å². The predicted molar refractivity (Wildman–Crippen MR) is 87.0 cm³/mol. The van der Waals surface area contributed by atoms with E-state index in [-0.39, 0.29) is 5.91 Å². The number of anilines is 1. The second-order valence-electron chi connectivity index (χ2n) is 4.96. The van der Waals surface area contributed by atoms with Crippen molar-refractivity contribution in [2.75, 3.05) is 5.32 Å². The Labute approximate surface area is 131 Å². The van der Waals surface area contributed by atoms with Crippen molar-refractivity contribution in [1.82, 2.24) is 19.9 Å². The van der Waals surface area contributed by atoms with Crippen LogP contribution < -0.4 is 5.32 Å². The lowest BCUT2D eigenvalue weighted by molar-refractivity contribution is 0.102. The maximum absolute atomic E-state index is 12.5. The molecule has 1 aromatic carbocycles. The van der Waals surface area contributed by atoms with Crippen LogP contribution in [0.15, 0.2) is 61.2 Å². The van der Waals surface area contributed by atoms with Gasteiger partial charge in [0.25, 0.3) is 5.91 Å². The third kappa shape index (κ3) is 2.46. The number of nitrogens with zero attached hydrogens (tertiary/aromatic N) is 4. The number of hydrogen-bond acceptors (Lipinski definition) is 5. The largest absolute Gasteiger partial charge is 0.320 e. The standard InChI is InChI=1S/C17H11N5O/c23-17(12-9-14-16(21-10-12)20-8-7-18-14)22-13-5-1-3-11-4-2-6-19-15(11)13/h1-10H,(H,22,23). The maximum Gasteiger partial charge on any atom is 0.257 e. The van der Waals surface area contributed by atoms with Gasteiger partial charge in [0.2, 0.25) is 0 Å². The molecule has 0 saturated carbocycles. The number of carbonyl (C=O) groups excluding carboxylic acids is 1. The molecule has 4 aromatic rings. The Kier molecular flexibility index (Phi) is 3.12. The van der Waals surface area contributed by atoms with E-state index in [9.17, 15) is 4.79 Å². The van der Waals surface area contributed by atoms with Crippen LogP contribution in [0.1, 0.15) is 10.4 Å². The number of benzene rings is 1. The Balaban J connectivity index is 1.70. The minimum Gasteiger partial charge on any atom is -0.320 e. The maximum atomic E-state index is 12.5. The molecule has 0 aliphatic heterocycles. The average molecular weight is 301 g/mol. The zero-order valence-electron chi connectivity index (χ0n) is 12.0. The van der Waals surface area contributed by atoms with Crippen LogP contribution >= 0.6 is 0 Å². The lowest BCUT2D eigenvalue weighted by atomic mass is 10.2. The van der Waals surface area contributed by atoms with Gasteiger partial charge in [-0.1, -0.05) is 18.2 Å². The Bertz CT molecular complexity index is 1030. The summed E-state index contributed by atoms with van der Waals surface area (Å²) >= 11 is 0. The van der Waals surface area contributed by atoms with E-state index in [2.05, 4.69) is 25.3 Å². The number of rotatable bonds is 2. The Morgan fingerprint density at radius 2 is 1.78 bits per heavy atom. The van der Waals surface area contributed by atoms with Gasteiger partial charge in [-0.05, 0) is 18.2 Å². The van der Waals surface area contributed by atoms with E-state index < -0.39 is 0 Å². The van der Waals surface area contributed by atoms with Gasteiger partial charge in [0, 0.05) is 30.2 Å². The molecule has 4 rings (SSSR count). The van der Waals surface area contributed by atoms with Crippen molar-refractivity contribution in [3.8, 4) is 0 Å². The molecule has 6 heteroatoms. The van der Waals surface area contributed by atoms with Crippen LogP contribution in [-0.2, 0) is 0 Å². The van der Waals surface area contributed by atoms with Gasteiger partial charge in [-0.15, -0.1) is 0 Å². The molecule has 6 nitrogen and oxygen atoms in total. The first kappa shape index (κ1) is 13.3. The summed E-state index contributed by atoms with van der Waals surface area (Å²) in [5.41, 5.74) is 2.92. The average Bonchev–Trinajstić information content (AvgIpc) is 2.61. The molecule has 0 unspecified atom stereocenters. The van der Waals surface area contributed by atoms with Gasteiger partial charge in [-0.2, -0.15) is 0 Å². The molecule has 23 heavy (non-hydrogen) atoms. The van der Waals surface area contributed by atoms with E-state index in [4.69, 9.17) is 0 Å². The third-order valence-electron chi connectivity index (χ3n) is 3.47. The number of aromatic nitrogens is 4. The SMILES string of the molecule is O=C(Nc1cccc2cccnc12)c1cnc2nccnc2c1. The lowest BCUT2D eigenvalue weighted by Gasteiger charge is -2.08. The summed E-state index contributed by atoms with van der Waals surface area (Å²) in [6.07, 6.45) is 6.33. The minimum absolute atomic E-state index is 0.261. The highest BCUT2D eigenvalue weighted by atomic mass is 16.1. The summed E-state index contributed by atoms with van der Waals surface area (Å²) in [5, 5.41) is 3.84. The molecule has 110 valence electrons. The first-order chi connectivity index (χ1) is 11.3. The zero-order chi connectivity index (χ0) is 15.6. The molecule has 0 aliphatic rings. The highest BCUT2D eigenvalue weighted by Gasteiger charge is 2.10. The number of pyridine rings is 2. The van der Waals surface area contributed by atoms with Crippen LogP contribution in [-0.4, -0.2) is 25.8 Å². The van der Waals surface area contributed by atoms with Gasteiger partial charge in [-0.3, -0.25) is 14.8 Å². The fraction of sp³-hybridized carbons (Fsp3) is 0. The summed E-state index contributed by atoms with van der Waals surface area (Å²) in [7, 11) is 0. The molecular weight excluding hydrogens is 290 g/mol. The predicted octanol–water partition coefficient (Wildman–Crippen LogP) is 2.83. The van der Waals surface area contributed by atoms with Crippen LogP contribution in [0.4, 0.5) is 5.69 Å². The number of hydrogen-bond donors (Lipinski definition) is 1. The number of carbonyl (C=O) groups is 1. The van der Waals surface area contributed by atoms with Crippen molar-refractivity contribution in [2.24, 2.45) is 0 Å². The van der Waals surface area contributed by atoms with Crippen LogP contribution in [0.5, 0.6) is 0 Å². The summed E-state index contributed by atoms with van der Waals surface area (Å²) in [5.74, 6) is -0.261. The number of para-hydroxylation sites is 1. The molecule has 0 aliphatic carbocycles. The molecule has 0 spiro atoms. The van der Waals surface area contributed by atoms with E-state index in [1.165, 1.54) is 6.20 Å².